The van der Waals surface area contributed by atoms with E-state index in [0.29, 0.717) is 6.54 Å². The Labute approximate surface area is 107 Å². The lowest BCUT2D eigenvalue weighted by Gasteiger charge is -2.24. The predicted molar refractivity (Wildman–Crippen MR) is 74.2 cm³/mol. The van der Waals surface area contributed by atoms with Crippen molar-refractivity contribution in [3.8, 4) is 0 Å². The highest BCUT2D eigenvalue weighted by molar-refractivity contribution is 4.66. The lowest BCUT2D eigenvalue weighted by atomic mass is 10.3. The van der Waals surface area contributed by atoms with Crippen molar-refractivity contribution in [3.63, 3.8) is 0 Å². The first-order chi connectivity index (χ1) is 8.24. The van der Waals surface area contributed by atoms with Crippen molar-refractivity contribution >= 4 is 0 Å². The van der Waals surface area contributed by atoms with Gasteiger partial charge in [0.15, 0.2) is 0 Å². The molecule has 0 spiro atoms. The van der Waals surface area contributed by atoms with E-state index < -0.39 is 0 Å². The lowest BCUT2D eigenvalue weighted by molar-refractivity contribution is 0.227. The summed E-state index contributed by atoms with van der Waals surface area (Å²) in [6.45, 7) is 16.0. The standard InChI is InChI=1S/C13H28N4/c1-5-6-9-17(11-8-15-3)13-12-16(4)10-7-14-2/h15H,5-13H2,1,3-4H3. The van der Waals surface area contributed by atoms with Crippen LogP contribution in [0.5, 0.6) is 0 Å². The van der Waals surface area contributed by atoms with E-state index in [0.717, 1.165) is 32.7 Å². The van der Waals surface area contributed by atoms with Gasteiger partial charge < -0.3 is 15.1 Å². The smallest absolute Gasteiger partial charge is 0.227 e. The van der Waals surface area contributed by atoms with E-state index in [4.69, 9.17) is 6.57 Å². The first-order valence-electron chi connectivity index (χ1n) is 6.63. The van der Waals surface area contributed by atoms with Gasteiger partial charge in [-0.1, -0.05) is 13.3 Å². The van der Waals surface area contributed by atoms with E-state index in [2.05, 4.69) is 33.9 Å². The van der Waals surface area contributed by atoms with Crippen molar-refractivity contribution in [1.29, 1.82) is 0 Å². The highest BCUT2D eigenvalue weighted by Gasteiger charge is 2.06. The van der Waals surface area contributed by atoms with Gasteiger partial charge in [0.1, 0.15) is 0 Å². The molecule has 1 N–H and O–H groups in total. The number of nitrogens with zero attached hydrogens (tertiary/aromatic N) is 3. The van der Waals surface area contributed by atoms with Crippen molar-refractivity contribution in [2.45, 2.75) is 19.8 Å². The summed E-state index contributed by atoms with van der Waals surface area (Å²) in [5.41, 5.74) is 0. The molecule has 0 radical (unpaired) electrons. The van der Waals surface area contributed by atoms with Crippen molar-refractivity contribution in [2.75, 3.05) is 59.9 Å². The first kappa shape index (κ1) is 16.4. The van der Waals surface area contributed by atoms with Gasteiger partial charge >= 0.3 is 0 Å². The molecule has 4 nitrogen and oxygen atoms in total. The lowest BCUT2D eigenvalue weighted by Crippen LogP contribution is -2.38. The topological polar surface area (TPSA) is 22.9 Å². The fourth-order valence-electron chi connectivity index (χ4n) is 1.63. The van der Waals surface area contributed by atoms with E-state index in [-0.39, 0.29) is 0 Å². The SMILES string of the molecule is [C-]#[N+]CCN(C)CCN(CCCC)CCNC. The maximum atomic E-state index is 6.77. The Bertz CT molecular complexity index is 192. The van der Waals surface area contributed by atoms with Crippen LogP contribution in [0.15, 0.2) is 0 Å². The van der Waals surface area contributed by atoms with Crippen molar-refractivity contribution in [3.05, 3.63) is 11.4 Å². The number of rotatable bonds is 11. The maximum Gasteiger partial charge on any atom is 0.227 e. The third kappa shape index (κ3) is 10.3. The van der Waals surface area contributed by atoms with Crippen LogP contribution >= 0.6 is 0 Å². The van der Waals surface area contributed by atoms with E-state index >= 15 is 0 Å². The molecule has 0 rings (SSSR count). The molecule has 100 valence electrons. The number of hydrogen-bond donors (Lipinski definition) is 1. The Hall–Kier alpha value is -0.630. The normalized spacial score (nSPS) is 11.1. The Kier molecular flexibility index (Phi) is 11.4. The van der Waals surface area contributed by atoms with E-state index in [9.17, 15) is 0 Å². The van der Waals surface area contributed by atoms with Gasteiger partial charge in [0.25, 0.3) is 0 Å². The second-order valence-electron chi connectivity index (χ2n) is 4.48. The second-order valence-corrected chi connectivity index (χ2v) is 4.48. The summed E-state index contributed by atoms with van der Waals surface area (Å²) in [6, 6.07) is 0. The van der Waals surface area contributed by atoms with Crippen molar-refractivity contribution in [2.24, 2.45) is 0 Å². The van der Waals surface area contributed by atoms with Gasteiger partial charge in [0.2, 0.25) is 6.54 Å². The van der Waals surface area contributed by atoms with E-state index in [1.807, 2.05) is 7.05 Å². The van der Waals surface area contributed by atoms with Crippen LogP contribution in [0.2, 0.25) is 0 Å². The molecule has 0 aliphatic carbocycles. The van der Waals surface area contributed by atoms with Gasteiger partial charge in [-0.25, -0.2) is 6.57 Å². The zero-order chi connectivity index (χ0) is 12.9. The molecule has 0 aromatic rings. The van der Waals surface area contributed by atoms with Gasteiger partial charge in [-0.05, 0) is 27.1 Å². The van der Waals surface area contributed by atoms with Crippen LogP contribution < -0.4 is 5.32 Å². The van der Waals surface area contributed by atoms with E-state index in [1.54, 1.807) is 0 Å². The van der Waals surface area contributed by atoms with Gasteiger partial charge in [-0.15, -0.1) is 0 Å². The monoisotopic (exact) mass is 240 g/mol. The minimum Gasteiger partial charge on any atom is -0.318 e. The summed E-state index contributed by atoms with van der Waals surface area (Å²) in [5.74, 6) is 0. The summed E-state index contributed by atoms with van der Waals surface area (Å²) in [5, 5.41) is 3.20. The van der Waals surface area contributed by atoms with E-state index in [1.165, 1.54) is 19.4 Å². The second kappa shape index (κ2) is 11.8. The first-order valence-corrected chi connectivity index (χ1v) is 6.63. The molecule has 0 aliphatic rings. The fourth-order valence-corrected chi connectivity index (χ4v) is 1.63. The molecule has 0 bridgehead atoms. The summed E-state index contributed by atoms with van der Waals surface area (Å²) in [7, 11) is 4.10. The Morgan fingerprint density at radius 1 is 1.12 bits per heavy atom. The Morgan fingerprint density at radius 3 is 2.47 bits per heavy atom. The van der Waals surface area contributed by atoms with Gasteiger partial charge in [-0.2, -0.15) is 0 Å². The number of nitrogens with one attached hydrogen (secondary N) is 1. The van der Waals surface area contributed by atoms with Gasteiger partial charge in [0, 0.05) is 26.2 Å². The molecule has 0 amide bonds. The van der Waals surface area contributed by atoms with Crippen LogP contribution in [0.4, 0.5) is 0 Å². The van der Waals surface area contributed by atoms with Gasteiger partial charge in [0.05, 0.1) is 6.54 Å². The zero-order valence-corrected chi connectivity index (χ0v) is 11.7. The molecular weight excluding hydrogens is 212 g/mol. The summed E-state index contributed by atoms with van der Waals surface area (Å²) in [4.78, 5) is 8.14. The van der Waals surface area contributed by atoms with Crippen LogP contribution in [0.3, 0.4) is 0 Å². The summed E-state index contributed by atoms with van der Waals surface area (Å²) >= 11 is 0. The molecule has 4 heteroatoms. The highest BCUT2D eigenvalue weighted by atomic mass is 15.2. The maximum absolute atomic E-state index is 6.77. The quantitative estimate of drug-likeness (QED) is 0.548. The largest absolute Gasteiger partial charge is 0.318 e. The molecule has 0 atom stereocenters. The number of unbranched alkanes of at least 4 members (excludes halogenated alkanes) is 1. The van der Waals surface area contributed by atoms with Crippen LogP contribution in [0.1, 0.15) is 19.8 Å². The van der Waals surface area contributed by atoms with Crippen LogP contribution in [0.25, 0.3) is 4.85 Å². The number of hydrogen-bond acceptors (Lipinski definition) is 3. The Balaban J connectivity index is 3.76. The molecule has 0 saturated heterocycles. The fraction of sp³-hybridized carbons (Fsp3) is 0.923. The molecule has 0 unspecified atom stereocenters. The minimum absolute atomic E-state index is 0.613. The van der Waals surface area contributed by atoms with Crippen molar-refractivity contribution < 1.29 is 0 Å². The third-order valence-electron chi connectivity index (χ3n) is 2.90. The molecule has 0 saturated carbocycles. The zero-order valence-electron chi connectivity index (χ0n) is 11.7. The number of likely N-dealkylation sites (N-methyl/N-ethyl adjacent to an activating group) is 2. The molecule has 0 aliphatic heterocycles. The molecule has 0 aromatic carbocycles. The predicted octanol–water partition coefficient (Wildman–Crippen LogP) is 1.16. The summed E-state index contributed by atoms with van der Waals surface area (Å²) in [6.07, 6.45) is 2.53. The average Bonchev–Trinajstić information content (AvgIpc) is 2.35. The third-order valence-corrected chi connectivity index (χ3v) is 2.90. The summed E-state index contributed by atoms with van der Waals surface area (Å²) < 4.78 is 0. The average molecular weight is 240 g/mol. The van der Waals surface area contributed by atoms with Crippen LogP contribution in [-0.2, 0) is 0 Å². The molecule has 0 heterocycles. The molecule has 0 fully saturated rings. The van der Waals surface area contributed by atoms with Crippen molar-refractivity contribution in [1.82, 2.24) is 15.1 Å². The Morgan fingerprint density at radius 2 is 1.88 bits per heavy atom. The van der Waals surface area contributed by atoms with Crippen LogP contribution in [-0.4, -0.2) is 69.7 Å². The minimum atomic E-state index is 0.613. The molecule has 0 aromatic heterocycles. The van der Waals surface area contributed by atoms with Crippen LogP contribution in [0, 0.1) is 6.57 Å². The molecule has 17 heavy (non-hydrogen) atoms. The van der Waals surface area contributed by atoms with Gasteiger partial charge in [-0.3, -0.25) is 4.90 Å². The highest BCUT2D eigenvalue weighted by Crippen LogP contribution is 1.95. The molecular formula is C13H28N4.